The number of fused-ring (bicyclic) bond motifs is 1. The maximum Gasteiger partial charge on any atom is 0.0868 e. The van der Waals surface area contributed by atoms with Gasteiger partial charge >= 0.3 is 0 Å². The minimum absolute atomic E-state index is 0.127. The summed E-state index contributed by atoms with van der Waals surface area (Å²) < 4.78 is 6.03. The van der Waals surface area contributed by atoms with Crippen molar-refractivity contribution in [3.8, 4) is 0 Å². The van der Waals surface area contributed by atoms with Crippen LogP contribution in [0.15, 0.2) is 30.3 Å². The molecule has 0 saturated heterocycles. The van der Waals surface area contributed by atoms with Crippen molar-refractivity contribution in [3.05, 3.63) is 41.6 Å². The Kier molecular flexibility index (Phi) is 4.96. The Balaban J connectivity index is 2.42. The monoisotopic (exact) mass is 286 g/mol. The van der Waals surface area contributed by atoms with E-state index in [0.717, 1.165) is 35.0 Å². The summed E-state index contributed by atoms with van der Waals surface area (Å²) >= 11 is 0. The molecule has 0 bridgehead atoms. The van der Waals surface area contributed by atoms with Crippen molar-refractivity contribution in [2.75, 3.05) is 6.61 Å². The molecule has 0 aliphatic heterocycles. The average molecular weight is 286 g/mol. The Hall–Kier alpha value is -1.45. The van der Waals surface area contributed by atoms with E-state index in [1.165, 1.54) is 0 Å². The van der Waals surface area contributed by atoms with Gasteiger partial charge < -0.3 is 10.5 Å². The lowest BCUT2D eigenvalue weighted by molar-refractivity contribution is -0.0645. The van der Waals surface area contributed by atoms with Gasteiger partial charge in [-0.3, -0.25) is 4.98 Å². The van der Waals surface area contributed by atoms with Crippen LogP contribution in [0.2, 0.25) is 0 Å². The molecule has 2 aromatic rings. The van der Waals surface area contributed by atoms with Crippen LogP contribution < -0.4 is 5.73 Å². The van der Waals surface area contributed by atoms with Crippen LogP contribution in [0, 0.1) is 6.92 Å². The molecule has 0 radical (unpaired) electrons. The fourth-order valence-electron chi connectivity index (χ4n) is 3.01. The molecule has 0 amide bonds. The van der Waals surface area contributed by atoms with Crippen molar-refractivity contribution in [1.29, 1.82) is 0 Å². The minimum atomic E-state index is -0.291. The fourth-order valence-corrected chi connectivity index (χ4v) is 3.01. The van der Waals surface area contributed by atoms with Crippen LogP contribution >= 0.6 is 0 Å². The smallest absolute Gasteiger partial charge is 0.0868 e. The van der Waals surface area contributed by atoms with Crippen molar-refractivity contribution < 1.29 is 4.74 Å². The van der Waals surface area contributed by atoms with E-state index >= 15 is 0 Å². The van der Waals surface area contributed by atoms with Crippen molar-refractivity contribution in [2.45, 2.75) is 52.2 Å². The van der Waals surface area contributed by atoms with Gasteiger partial charge in [0.15, 0.2) is 0 Å². The lowest BCUT2D eigenvalue weighted by Crippen LogP contribution is -2.43. The number of hydrogen-bond donors (Lipinski definition) is 1. The number of rotatable bonds is 6. The number of hydrogen-bond acceptors (Lipinski definition) is 3. The Labute approximate surface area is 127 Å². The van der Waals surface area contributed by atoms with Crippen LogP contribution in [0.1, 0.15) is 50.9 Å². The first-order valence-corrected chi connectivity index (χ1v) is 7.83. The van der Waals surface area contributed by atoms with Gasteiger partial charge in [-0.25, -0.2) is 0 Å². The zero-order valence-corrected chi connectivity index (χ0v) is 13.5. The van der Waals surface area contributed by atoms with Crippen molar-refractivity contribution >= 4 is 10.9 Å². The highest BCUT2D eigenvalue weighted by atomic mass is 16.5. The first-order valence-electron chi connectivity index (χ1n) is 7.83. The molecule has 1 aromatic heterocycles. The second-order valence-corrected chi connectivity index (χ2v) is 5.59. The highest BCUT2D eigenvalue weighted by Gasteiger charge is 2.35. The van der Waals surface area contributed by atoms with Gasteiger partial charge in [0.1, 0.15) is 0 Å². The molecule has 0 saturated carbocycles. The minimum Gasteiger partial charge on any atom is -0.373 e. The first-order chi connectivity index (χ1) is 10.1. The summed E-state index contributed by atoms with van der Waals surface area (Å²) in [7, 11) is 0. The van der Waals surface area contributed by atoms with Crippen LogP contribution in [0.25, 0.3) is 10.9 Å². The highest BCUT2D eigenvalue weighted by molar-refractivity contribution is 5.79. The van der Waals surface area contributed by atoms with Crippen LogP contribution in [0.4, 0.5) is 0 Å². The molecule has 114 valence electrons. The lowest BCUT2D eigenvalue weighted by Gasteiger charge is -2.37. The summed E-state index contributed by atoms with van der Waals surface area (Å²) in [5.74, 6) is 0. The summed E-state index contributed by atoms with van der Waals surface area (Å²) in [5, 5.41) is 1.13. The van der Waals surface area contributed by atoms with Crippen molar-refractivity contribution in [1.82, 2.24) is 4.98 Å². The molecule has 2 rings (SSSR count). The SMILES string of the molecule is CCOC(CC)(CC)C(N)c1ccc2nc(C)ccc2c1. The zero-order chi connectivity index (χ0) is 15.5. The molecule has 0 fully saturated rings. The van der Waals surface area contributed by atoms with Crippen molar-refractivity contribution in [3.63, 3.8) is 0 Å². The van der Waals surface area contributed by atoms with E-state index in [-0.39, 0.29) is 11.6 Å². The van der Waals surface area contributed by atoms with E-state index in [1.54, 1.807) is 0 Å². The Morgan fingerprint density at radius 3 is 2.48 bits per heavy atom. The number of aryl methyl sites for hydroxylation is 1. The molecule has 3 nitrogen and oxygen atoms in total. The predicted octanol–water partition coefficient (Wildman–Crippen LogP) is 4.14. The number of benzene rings is 1. The normalized spacial score (nSPS) is 13.6. The quantitative estimate of drug-likeness (QED) is 0.868. The van der Waals surface area contributed by atoms with Crippen LogP contribution in [0.5, 0.6) is 0 Å². The number of aromatic nitrogens is 1. The number of ether oxygens (including phenoxy) is 1. The molecule has 0 spiro atoms. The highest BCUT2D eigenvalue weighted by Crippen LogP contribution is 2.34. The van der Waals surface area contributed by atoms with Crippen LogP contribution in [-0.4, -0.2) is 17.2 Å². The van der Waals surface area contributed by atoms with E-state index in [2.05, 4.69) is 43.1 Å². The molecule has 1 atom stereocenters. The van der Waals surface area contributed by atoms with Gasteiger partial charge in [-0.05, 0) is 50.5 Å². The predicted molar refractivity (Wildman–Crippen MR) is 88.3 cm³/mol. The third-order valence-corrected chi connectivity index (χ3v) is 4.41. The molecule has 21 heavy (non-hydrogen) atoms. The van der Waals surface area contributed by atoms with Crippen LogP contribution in [-0.2, 0) is 4.74 Å². The van der Waals surface area contributed by atoms with E-state index in [1.807, 2.05) is 19.9 Å². The summed E-state index contributed by atoms with van der Waals surface area (Å²) in [4.78, 5) is 4.54. The van der Waals surface area contributed by atoms with Gasteiger partial charge in [0.2, 0.25) is 0 Å². The van der Waals surface area contributed by atoms with Gasteiger partial charge in [-0.15, -0.1) is 0 Å². The molecule has 1 heterocycles. The second-order valence-electron chi connectivity index (χ2n) is 5.59. The van der Waals surface area contributed by atoms with E-state index in [0.29, 0.717) is 6.61 Å². The molecule has 3 heteroatoms. The van der Waals surface area contributed by atoms with E-state index < -0.39 is 0 Å². The average Bonchev–Trinajstić information content (AvgIpc) is 2.51. The zero-order valence-electron chi connectivity index (χ0n) is 13.5. The maximum atomic E-state index is 6.56. The Bertz CT molecular complexity index is 605. The van der Waals surface area contributed by atoms with Gasteiger partial charge in [0.25, 0.3) is 0 Å². The molecular formula is C18H26N2O. The molecule has 0 aliphatic rings. The third-order valence-electron chi connectivity index (χ3n) is 4.41. The number of nitrogens with two attached hydrogens (primary N) is 1. The third kappa shape index (κ3) is 3.09. The lowest BCUT2D eigenvalue weighted by atomic mass is 9.84. The Morgan fingerprint density at radius 2 is 1.86 bits per heavy atom. The van der Waals surface area contributed by atoms with E-state index in [9.17, 15) is 0 Å². The molecule has 1 unspecified atom stereocenters. The Morgan fingerprint density at radius 1 is 1.14 bits per heavy atom. The largest absolute Gasteiger partial charge is 0.373 e. The standard InChI is InChI=1S/C18H26N2O/c1-5-18(6-2,21-7-3)17(19)15-10-11-16-14(12-15)9-8-13(4)20-16/h8-12,17H,5-7,19H2,1-4H3. The number of pyridine rings is 1. The van der Waals surface area contributed by atoms with Crippen LogP contribution in [0.3, 0.4) is 0 Å². The molecular weight excluding hydrogens is 260 g/mol. The second kappa shape index (κ2) is 6.54. The topological polar surface area (TPSA) is 48.1 Å². The molecule has 1 aromatic carbocycles. The fraction of sp³-hybridized carbons (Fsp3) is 0.500. The number of nitrogens with zero attached hydrogens (tertiary/aromatic N) is 1. The summed E-state index contributed by atoms with van der Waals surface area (Å²) in [5.41, 5.74) is 9.43. The summed E-state index contributed by atoms with van der Waals surface area (Å²) in [6.07, 6.45) is 1.81. The maximum absolute atomic E-state index is 6.56. The molecule has 2 N–H and O–H groups in total. The van der Waals surface area contributed by atoms with Gasteiger partial charge in [0.05, 0.1) is 17.2 Å². The summed E-state index contributed by atoms with van der Waals surface area (Å²) in [6.45, 7) is 9.01. The summed E-state index contributed by atoms with van der Waals surface area (Å²) in [6, 6.07) is 10.3. The van der Waals surface area contributed by atoms with Gasteiger partial charge in [-0.1, -0.05) is 26.0 Å². The van der Waals surface area contributed by atoms with Crippen molar-refractivity contribution in [2.24, 2.45) is 5.73 Å². The van der Waals surface area contributed by atoms with Gasteiger partial charge in [0, 0.05) is 17.7 Å². The molecule has 0 aliphatic carbocycles. The first kappa shape index (κ1) is 15.9. The van der Waals surface area contributed by atoms with E-state index in [4.69, 9.17) is 10.5 Å². The van der Waals surface area contributed by atoms with Gasteiger partial charge in [-0.2, -0.15) is 0 Å².